The minimum atomic E-state index is -0.257. The van der Waals surface area contributed by atoms with Gasteiger partial charge in [0.2, 0.25) is 5.95 Å². The first-order valence-corrected chi connectivity index (χ1v) is 6.13. The summed E-state index contributed by atoms with van der Waals surface area (Å²) in [5, 5.41) is 4.11. The van der Waals surface area contributed by atoms with E-state index < -0.39 is 0 Å². The van der Waals surface area contributed by atoms with Gasteiger partial charge in [-0.1, -0.05) is 0 Å². The first kappa shape index (κ1) is 10.2. The number of fused-ring (bicyclic) bond motifs is 1. The van der Waals surface area contributed by atoms with Crippen molar-refractivity contribution in [1.82, 2.24) is 9.97 Å². The third-order valence-electron chi connectivity index (χ3n) is 2.62. The van der Waals surface area contributed by atoms with E-state index in [9.17, 15) is 4.79 Å². The van der Waals surface area contributed by atoms with Crippen LogP contribution < -0.4 is 11.3 Å². The lowest BCUT2D eigenvalue weighted by Gasteiger charge is -1.97. The molecule has 0 radical (unpaired) electrons. The minimum Gasteiger partial charge on any atom is -0.369 e. The number of hydrogen-bond acceptors (Lipinski definition) is 5. The summed E-state index contributed by atoms with van der Waals surface area (Å²) in [5.74, 6) is 0.153. The Kier molecular flexibility index (Phi) is 2.29. The molecule has 0 spiro atoms. The van der Waals surface area contributed by atoms with Gasteiger partial charge in [0.05, 0.1) is 5.69 Å². The Balaban J connectivity index is 1.92. The average molecular weight is 246 g/mol. The Hall–Kier alpha value is -1.95. The number of nitrogen functional groups attached to an aromatic ring is 1. The Morgan fingerprint density at radius 3 is 3.18 bits per heavy atom. The molecule has 0 atom stereocenters. The van der Waals surface area contributed by atoms with Crippen molar-refractivity contribution in [3.8, 4) is 0 Å². The van der Waals surface area contributed by atoms with Gasteiger partial charge in [0, 0.05) is 18.6 Å². The van der Waals surface area contributed by atoms with Crippen molar-refractivity contribution in [3.05, 3.63) is 38.4 Å². The number of anilines is 1. The first-order valence-electron chi connectivity index (χ1n) is 5.18. The molecule has 3 heterocycles. The number of aromatic nitrogens is 2. The predicted octanol–water partition coefficient (Wildman–Crippen LogP) is 1.28. The summed E-state index contributed by atoms with van der Waals surface area (Å²) >= 11 is 1.65. The van der Waals surface area contributed by atoms with Crippen LogP contribution in [-0.2, 0) is 12.8 Å². The summed E-state index contributed by atoms with van der Waals surface area (Å²) in [5.41, 5.74) is 8.50. The summed E-state index contributed by atoms with van der Waals surface area (Å²) in [6.07, 6.45) is 1.37. The zero-order valence-electron chi connectivity index (χ0n) is 8.93. The van der Waals surface area contributed by atoms with Gasteiger partial charge in [0.15, 0.2) is 0 Å². The largest absolute Gasteiger partial charge is 0.369 e. The van der Waals surface area contributed by atoms with E-state index in [1.807, 2.05) is 5.38 Å². The van der Waals surface area contributed by atoms with Gasteiger partial charge in [0.1, 0.15) is 5.69 Å². The van der Waals surface area contributed by atoms with Crippen molar-refractivity contribution < 1.29 is 0 Å². The number of H-pyrrole nitrogens is 1. The molecule has 0 amide bonds. The number of nitrogens with two attached hydrogens (primary N) is 1. The van der Waals surface area contributed by atoms with E-state index in [0.29, 0.717) is 17.8 Å². The quantitative estimate of drug-likeness (QED) is 0.837. The second-order valence-electron chi connectivity index (χ2n) is 3.91. The van der Waals surface area contributed by atoms with Crippen LogP contribution in [0.2, 0.25) is 0 Å². The van der Waals surface area contributed by atoms with E-state index in [-0.39, 0.29) is 11.5 Å². The van der Waals surface area contributed by atoms with Gasteiger partial charge >= 0.3 is 0 Å². The fourth-order valence-electron chi connectivity index (χ4n) is 1.89. The van der Waals surface area contributed by atoms with Crippen LogP contribution in [-0.4, -0.2) is 15.7 Å². The van der Waals surface area contributed by atoms with Gasteiger partial charge in [-0.2, -0.15) is 11.3 Å². The number of hydrogen-bond donors (Lipinski definition) is 2. The lowest BCUT2D eigenvalue weighted by Crippen LogP contribution is -2.11. The van der Waals surface area contributed by atoms with Gasteiger partial charge in [-0.25, -0.2) is 9.98 Å². The van der Waals surface area contributed by atoms with Gasteiger partial charge in [-0.15, -0.1) is 0 Å². The molecule has 1 aliphatic heterocycles. The lowest BCUT2D eigenvalue weighted by molar-refractivity contribution is 1.07. The Labute approximate surface area is 101 Å². The van der Waals surface area contributed by atoms with Crippen molar-refractivity contribution in [1.29, 1.82) is 0 Å². The smallest absolute Gasteiger partial charge is 0.278 e. The monoisotopic (exact) mass is 246 g/mol. The van der Waals surface area contributed by atoms with Crippen LogP contribution in [0.25, 0.3) is 0 Å². The number of thiophene rings is 1. The molecule has 0 bridgehead atoms. The maximum atomic E-state index is 11.6. The molecule has 3 rings (SSSR count). The zero-order valence-corrected chi connectivity index (χ0v) is 9.75. The highest BCUT2D eigenvalue weighted by Crippen LogP contribution is 2.22. The molecule has 1 aliphatic rings. The fourth-order valence-corrected chi connectivity index (χ4v) is 2.56. The maximum absolute atomic E-state index is 11.6. The molecule has 6 heteroatoms. The van der Waals surface area contributed by atoms with Gasteiger partial charge in [0.25, 0.3) is 5.56 Å². The number of nitrogens with zero attached hydrogens (tertiary/aromatic N) is 2. The maximum Gasteiger partial charge on any atom is 0.278 e. The zero-order chi connectivity index (χ0) is 11.8. The van der Waals surface area contributed by atoms with Crippen LogP contribution in [0.5, 0.6) is 0 Å². The van der Waals surface area contributed by atoms with Crippen LogP contribution in [0, 0.1) is 0 Å². The summed E-state index contributed by atoms with van der Waals surface area (Å²) < 4.78 is 0. The van der Waals surface area contributed by atoms with Crippen molar-refractivity contribution in [2.75, 3.05) is 5.73 Å². The molecule has 0 aromatic carbocycles. The van der Waals surface area contributed by atoms with Crippen LogP contribution in [0.15, 0.2) is 26.6 Å². The van der Waals surface area contributed by atoms with Crippen molar-refractivity contribution in [2.24, 2.45) is 4.99 Å². The fraction of sp³-hybridized carbons (Fsp3) is 0.182. The third-order valence-corrected chi connectivity index (χ3v) is 3.35. The van der Waals surface area contributed by atoms with Crippen LogP contribution in [0.4, 0.5) is 11.6 Å². The van der Waals surface area contributed by atoms with E-state index in [1.54, 1.807) is 11.3 Å². The highest BCUT2D eigenvalue weighted by molar-refractivity contribution is 7.08. The van der Waals surface area contributed by atoms with Crippen molar-refractivity contribution in [3.63, 3.8) is 0 Å². The predicted molar refractivity (Wildman–Crippen MR) is 68.1 cm³/mol. The van der Waals surface area contributed by atoms with Crippen LogP contribution in [0.1, 0.15) is 11.3 Å². The number of nitrogens with one attached hydrogen (secondary N) is 1. The number of aliphatic imine (C=N–C) groups is 1. The molecule has 0 saturated heterocycles. The van der Waals surface area contributed by atoms with E-state index in [1.165, 1.54) is 5.56 Å². The number of rotatable bonds is 2. The van der Waals surface area contributed by atoms with Gasteiger partial charge in [-0.3, -0.25) is 9.78 Å². The molecule has 86 valence electrons. The molecule has 0 aliphatic carbocycles. The van der Waals surface area contributed by atoms with Gasteiger partial charge < -0.3 is 5.73 Å². The Morgan fingerprint density at radius 2 is 2.41 bits per heavy atom. The summed E-state index contributed by atoms with van der Waals surface area (Å²) in [6.45, 7) is 0. The molecule has 17 heavy (non-hydrogen) atoms. The summed E-state index contributed by atoms with van der Waals surface area (Å²) in [7, 11) is 0. The van der Waals surface area contributed by atoms with E-state index in [0.717, 1.165) is 12.1 Å². The molecular formula is C11H10N4OS. The summed E-state index contributed by atoms with van der Waals surface area (Å²) in [4.78, 5) is 22.5. The highest BCUT2D eigenvalue weighted by Gasteiger charge is 2.19. The van der Waals surface area contributed by atoms with Crippen molar-refractivity contribution >= 4 is 28.7 Å². The molecule has 0 unspecified atom stereocenters. The third kappa shape index (κ3) is 1.87. The van der Waals surface area contributed by atoms with E-state index >= 15 is 0 Å². The molecule has 2 aromatic heterocycles. The Bertz CT molecular complexity index is 642. The standard InChI is InChI=1S/C11H10N4OS/c12-11-14-8-4-7(3-6-1-2-17-5-6)13-9(8)10(16)15-11/h1-2,5H,3-4H2,(H3,12,14,15,16). The van der Waals surface area contributed by atoms with E-state index in [2.05, 4.69) is 26.4 Å². The molecule has 3 N–H and O–H groups in total. The highest BCUT2D eigenvalue weighted by atomic mass is 32.1. The number of aromatic amines is 1. The van der Waals surface area contributed by atoms with Crippen LogP contribution >= 0.6 is 11.3 Å². The SMILES string of the molecule is Nc1nc2c(c(=O)[nH]1)N=C(Cc1ccsc1)C2. The van der Waals surface area contributed by atoms with E-state index in [4.69, 9.17) is 5.73 Å². The second-order valence-corrected chi connectivity index (χ2v) is 4.69. The molecule has 0 fully saturated rings. The second kappa shape index (κ2) is 3.81. The van der Waals surface area contributed by atoms with Crippen molar-refractivity contribution in [2.45, 2.75) is 12.8 Å². The lowest BCUT2D eigenvalue weighted by atomic mass is 10.1. The molecule has 2 aromatic rings. The topological polar surface area (TPSA) is 84.1 Å². The molecule has 5 nitrogen and oxygen atoms in total. The molecular weight excluding hydrogens is 236 g/mol. The van der Waals surface area contributed by atoms with Gasteiger partial charge in [-0.05, 0) is 22.4 Å². The summed E-state index contributed by atoms with van der Waals surface area (Å²) in [6, 6.07) is 2.06. The first-order chi connectivity index (χ1) is 8.22. The normalized spacial score (nSPS) is 13.5. The minimum absolute atomic E-state index is 0.153. The Morgan fingerprint density at radius 1 is 1.53 bits per heavy atom. The molecule has 0 saturated carbocycles. The van der Waals surface area contributed by atoms with Crippen LogP contribution in [0.3, 0.4) is 0 Å². The average Bonchev–Trinajstić information content (AvgIpc) is 2.87.